The summed E-state index contributed by atoms with van der Waals surface area (Å²) in [5, 5.41) is 8.49. The van der Waals surface area contributed by atoms with E-state index in [0.29, 0.717) is 6.54 Å². The molecule has 0 aliphatic carbocycles. The zero-order valence-electron chi connectivity index (χ0n) is 10.9. The molecular formula is C14H18N2O. The fourth-order valence-electron chi connectivity index (χ4n) is 1.73. The number of amides is 1. The van der Waals surface area contributed by atoms with E-state index in [1.54, 1.807) is 11.9 Å². The molecule has 0 N–H and O–H groups in total. The van der Waals surface area contributed by atoms with Crippen LogP contribution in [0.4, 0.5) is 0 Å². The zero-order chi connectivity index (χ0) is 13.0. The number of nitrogens with zero attached hydrogens (tertiary/aromatic N) is 2. The molecule has 3 nitrogen and oxygen atoms in total. The van der Waals surface area contributed by atoms with Crippen molar-refractivity contribution in [3.8, 4) is 6.07 Å². The zero-order valence-corrected chi connectivity index (χ0v) is 10.9. The Kier molecular flexibility index (Phi) is 4.28. The van der Waals surface area contributed by atoms with Crippen LogP contribution in [0.25, 0.3) is 0 Å². The molecule has 0 atom stereocenters. The minimum absolute atomic E-state index is 0.0552. The van der Waals surface area contributed by atoms with Crippen molar-refractivity contribution < 1.29 is 4.79 Å². The van der Waals surface area contributed by atoms with Gasteiger partial charge in [0.05, 0.1) is 6.07 Å². The van der Waals surface area contributed by atoms with E-state index in [2.05, 4.69) is 26.8 Å². The van der Waals surface area contributed by atoms with Crippen molar-refractivity contribution >= 4 is 5.91 Å². The quantitative estimate of drug-likeness (QED) is 0.800. The third-order valence-corrected chi connectivity index (χ3v) is 3.23. The summed E-state index contributed by atoms with van der Waals surface area (Å²) in [4.78, 5) is 13.1. The molecule has 0 bridgehead atoms. The van der Waals surface area contributed by atoms with E-state index in [4.69, 9.17) is 5.26 Å². The van der Waals surface area contributed by atoms with Gasteiger partial charge < -0.3 is 4.90 Å². The summed E-state index contributed by atoms with van der Waals surface area (Å²) >= 11 is 0. The number of rotatable bonds is 3. The fourth-order valence-corrected chi connectivity index (χ4v) is 1.73. The summed E-state index contributed by atoms with van der Waals surface area (Å²) in [7, 11) is 1.73. The molecule has 1 rings (SSSR count). The second kappa shape index (κ2) is 5.49. The van der Waals surface area contributed by atoms with Crippen molar-refractivity contribution in [3.63, 3.8) is 0 Å². The predicted octanol–water partition coefficient (Wildman–Crippen LogP) is 2.48. The molecule has 90 valence electrons. The molecule has 0 unspecified atom stereocenters. The topological polar surface area (TPSA) is 44.1 Å². The first kappa shape index (κ1) is 13.2. The maximum absolute atomic E-state index is 11.5. The number of benzene rings is 1. The molecule has 1 amide bonds. The molecule has 17 heavy (non-hydrogen) atoms. The normalized spacial score (nSPS) is 9.82. The standard InChI is InChI=1S/C14H18N2O/c1-10-5-6-13(12(3)11(10)2)9-16(4)14(17)7-8-15/h5-6H,7,9H2,1-4H3. The minimum Gasteiger partial charge on any atom is -0.341 e. The predicted molar refractivity (Wildman–Crippen MR) is 67.4 cm³/mol. The first-order valence-electron chi connectivity index (χ1n) is 5.64. The lowest BCUT2D eigenvalue weighted by Gasteiger charge is -2.18. The highest BCUT2D eigenvalue weighted by atomic mass is 16.2. The second-order valence-corrected chi connectivity index (χ2v) is 4.38. The Morgan fingerprint density at radius 3 is 2.53 bits per heavy atom. The van der Waals surface area contributed by atoms with Gasteiger partial charge in [-0.15, -0.1) is 0 Å². The highest BCUT2D eigenvalue weighted by molar-refractivity contribution is 5.77. The fraction of sp³-hybridized carbons (Fsp3) is 0.429. The average Bonchev–Trinajstić information content (AvgIpc) is 2.30. The molecule has 0 aliphatic rings. The van der Waals surface area contributed by atoms with E-state index in [0.717, 1.165) is 5.56 Å². The van der Waals surface area contributed by atoms with Crippen LogP contribution in [0.3, 0.4) is 0 Å². The molecule has 3 heteroatoms. The number of hydrogen-bond acceptors (Lipinski definition) is 2. The van der Waals surface area contributed by atoms with Crippen LogP contribution in [-0.4, -0.2) is 17.9 Å². The summed E-state index contributed by atoms with van der Waals surface area (Å²) in [6.45, 7) is 6.80. The lowest BCUT2D eigenvalue weighted by atomic mass is 9.98. The number of nitriles is 1. The van der Waals surface area contributed by atoms with Crippen LogP contribution in [0.5, 0.6) is 0 Å². The van der Waals surface area contributed by atoms with Crippen LogP contribution >= 0.6 is 0 Å². The van der Waals surface area contributed by atoms with Crippen LogP contribution < -0.4 is 0 Å². The van der Waals surface area contributed by atoms with Crippen LogP contribution in [0, 0.1) is 32.1 Å². The van der Waals surface area contributed by atoms with E-state index in [1.165, 1.54) is 16.7 Å². The van der Waals surface area contributed by atoms with Gasteiger partial charge in [-0.05, 0) is 43.0 Å². The van der Waals surface area contributed by atoms with Gasteiger partial charge in [0.25, 0.3) is 0 Å². The largest absolute Gasteiger partial charge is 0.341 e. The van der Waals surface area contributed by atoms with E-state index in [-0.39, 0.29) is 12.3 Å². The average molecular weight is 230 g/mol. The molecule has 0 aliphatic heterocycles. The molecule has 0 saturated carbocycles. The van der Waals surface area contributed by atoms with E-state index in [9.17, 15) is 4.79 Å². The van der Waals surface area contributed by atoms with E-state index in [1.807, 2.05) is 12.1 Å². The summed E-state index contributed by atoms with van der Waals surface area (Å²) in [5.41, 5.74) is 4.89. The number of aryl methyl sites for hydroxylation is 1. The molecule has 0 saturated heterocycles. The molecule has 1 aromatic rings. The first-order valence-corrected chi connectivity index (χ1v) is 5.64. The summed E-state index contributed by atoms with van der Waals surface area (Å²) in [5.74, 6) is -0.134. The van der Waals surface area contributed by atoms with Crippen LogP contribution in [0.15, 0.2) is 12.1 Å². The number of carbonyl (C=O) groups is 1. The highest BCUT2D eigenvalue weighted by Gasteiger charge is 2.11. The molecule has 0 radical (unpaired) electrons. The Hall–Kier alpha value is -1.82. The summed E-state index contributed by atoms with van der Waals surface area (Å²) in [6, 6.07) is 6.00. The Morgan fingerprint density at radius 1 is 1.29 bits per heavy atom. The Balaban J connectivity index is 2.86. The van der Waals surface area contributed by atoms with Gasteiger partial charge in [0, 0.05) is 13.6 Å². The van der Waals surface area contributed by atoms with Crippen LogP contribution in [0.2, 0.25) is 0 Å². The lowest BCUT2D eigenvalue weighted by Crippen LogP contribution is -2.26. The highest BCUT2D eigenvalue weighted by Crippen LogP contribution is 2.18. The lowest BCUT2D eigenvalue weighted by molar-refractivity contribution is -0.129. The smallest absolute Gasteiger partial charge is 0.236 e. The van der Waals surface area contributed by atoms with Crippen molar-refractivity contribution in [1.82, 2.24) is 4.90 Å². The van der Waals surface area contributed by atoms with Gasteiger partial charge in [-0.1, -0.05) is 12.1 Å². The first-order chi connectivity index (χ1) is 7.97. The van der Waals surface area contributed by atoms with Gasteiger partial charge in [0.1, 0.15) is 6.42 Å². The Labute approximate surface area is 103 Å². The second-order valence-electron chi connectivity index (χ2n) is 4.38. The van der Waals surface area contributed by atoms with Crippen LogP contribution in [-0.2, 0) is 11.3 Å². The van der Waals surface area contributed by atoms with Gasteiger partial charge >= 0.3 is 0 Å². The molecule has 1 aromatic carbocycles. The maximum Gasteiger partial charge on any atom is 0.236 e. The molecule has 0 spiro atoms. The maximum atomic E-state index is 11.5. The van der Waals surface area contributed by atoms with E-state index >= 15 is 0 Å². The van der Waals surface area contributed by atoms with Gasteiger partial charge in [0.2, 0.25) is 5.91 Å². The summed E-state index contributed by atoms with van der Waals surface area (Å²) < 4.78 is 0. The molecule has 0 fully saturated rings. The van der Waals surface area contributed by atoms with Gasteiger partial charge in [-0.3, -0.25) is 4.79 Å². The van der Waals surface area contributed by atoms with Gasteiger partial charge in [-0.25, -0.2) is 0 Å². The van der Waals surface area contributed by atoms with Gasteiger partial charge in [-0.2, -0.15) is 5.26 Å². The van der Waals surface area contributed by atoms with Crippen LogP contribution in [0.1, 0.15) is 28.7 Å². The minimum atomic E-state index is -0.134. The van der Waals surface area contributed by atoms with Crippen molar-refractivity contribution in [2.75, 3.05) is 7.05 Å². The Bertz CT molecular complexity index is 472. The van der Waals surface area contributed by atoms with Gasteiger partial charge in [0.15, 0.2) is 0 Å². The monoisotopic (exact) mass is 230 g/mol. The van der Waals surface area contributed by atoms with Crippen molar-refractivity contribution in [1.29, 1.82) is 5.26 Å². The van der Waals surface area contributed by atoms with E-state index < -0.39 is 0 Å². The molecular weight excluding hydrogens is 212 g/mol. The van der Waals surface area contributed by atoms with Crippen molar-refractivity contribution in [2.24, 2.45) is 0 Å². The Morgan fingerprint density at radius 2 is 1.94 bits per heavy atom. The number of carbonyl (C=O) groups excluding carboxylic acids is 1. The molecule has 0 aromatic heterocycles. The summed E-state index contributed by atoms with van der Waals surface area (Å²) in [6.07, 6.45) is -0.0552. The van der Waals surface area contributed by atoms with Crippen molar-refractivity contribution in [3.05, 3.63) is 34.4 Å². The molecule has 0 heterocycles. The number of hydrogen-bond donors (Lipinski definition) is 0. The van der Waals surface area contributed by atoms with Crippen molar-refractivity contribution in [2.45, 2.75) is 33.7 Å². The SMILES string of the molecule is Cc1ccc(CN(C)C(=O)CC#N)c(C)c1C. The third-order valence-electron chi connectivity index (χ3n) is 3.23. The third kappa shape index (κ3) is 3.07.